The summed E-state index contributed by atoms with van der Waals surface area (Å²) in [6, 6.07) is 20.1. The summed E-state index contributed by atoms with van der Waals surface area (Å²) in [5.74, 6) is 0.692. The van der Waals surface area contributed by atoms with Crippen LogP contribution in [0.1, 0.15) is 5.56 Å². The van der Waals surface area contributed by atoms with E-state index in [1.54, 1.807) is 6.07 Å². The second-order valence-corrected chi connectivity index (χ2v) is 7.26. The number of ether oxygens (including phenoxy) is 1. The molecule has 3 aromatic carbocycles. The zero-order chi connectivity index (χ0) is 18.8. The number of fused-ring (bicyclic) bond motifs is 1. The molecule has 1 heterocycles. The predicted molar refractivity (Wildman–Crippen MR) is 107 cm³/mol. The number of nitro groups is 1. The molecule has 0 aliphatic heterocycles. The third-order valence-electron chi connectivity index (χ3n) is 4.01. The van der Waals surface area contributed by atoms with E-state index in [1.807, 2.05) is 48.5 Å². The topological polar surface area (TPSA) is 65.3 Å². The fraction of sp³-hybridized carbons (Fsp3) is 0.0500. The maximum Gasteiger partial charge on any atom is 0.270 e. The van der Waals surface area contributed by atoms with Crippen molar-refractivity contribution in [2.45, 2.75) is 6.61 Å². The van der Waals surface area contributed by atoms with Crippen molar-refractivity contribution in [2.75, 3.05) is 0 Å². The van der Waals surface area contributed by atoms with Gasteiger partial charge in [-0.2, -0.15) is 0 Å². The Hall–Kier alpha value is -2.96. The first-order chi connectivity index (χ1) is 13.1. The van der Waals surface area contributed by atoms with Crippen LogP contribution < -0.4 is 4.74 Å². The zero-order valence-electron chi connectivity index (χ0n) is 14.0. The SMILES string of the molecule is O=[N+]([O-])c1ccc(-c2nc3c(OCc4ccccc4)cccc3s2)c(Cl)c1. The fourth-order valence-corrected chi connectivity index (χ4v) is 4.02. The molecular weight excluding hydrogens is 384 g/mol. The molecule has 0 atom stereocenters. The molecule has 4 rings (SSSR count). The molecule has 0 unspecified atom stereocenters. The highest BCUT2D eigenvalue weighted by Gasteiger charge is 2.16. The van der Waals surface area contributed by atoms with Crippen molar-refractivity contribution in [1.82, 2.24) is 4.98 Å². The normalized spacial score (nSPS) is 10.9. The van der Waals surface area contributed by atoms with Gasteiger partial charge < -0.3 is 4.74 Å². The van der Waals surface area contributed by atoms with Gasteiger partial charge in [0.25, 0.3) is 5.69 Å². The summed E-state index contributed by atoms with van der Waals surface area (Å²) in [4.78, 5) is 15.1. The van der Waals surface area contributed by atoms with Gasteiger partial charge in [-0.25, -0.2) is 4.98 Å². The van der Waals surface area contributed by atoms with E-state index in [9.17, 15) is 10.1 Å². The molecule has 0 bridgehead atoms. The summed E-state index contributed by atoms with van der Waals surface area (Å²) in [5.41, 5.74) is 2.44. The van der Waals surface area contributed by atoms with Crippen molar-refractivity contribution in [3.05, 3.63) is 87.4 Å². The van der Waals surface area contributed by atoms with Crippen LogP contribution in [0.2, 0.25) is 5.02 Å². The molecule has 0 saturated carbocycles. The first-order valence-corrected chi connectivity index (χ1v) is 9.32. The van der Waals surface area contributed by atoms with Crippen LogP contribution in [0.5, 0.6) is 5.75 Å². The van der Waals surface area contributed by atoms with Crippen LogP contribution in [0.3, 0.4) is 0 Å². The number of aromatic nitrogens is 1. The molecule has 0 aliphatic rings. The van der Waals surface area contributed by atoms with E-state index >= 15 is 0 Å². The molecule has 0 spiro atoms. The number of halogens is 1. The maximum absolute atomic E-state index is 10.9. The van der Waals surface area contributed by atoms with Crippen molar-refractivity contribution in [2.24, 2.45) is 0 Å². The lowest BCUT2D eigenvalue weighted by Gasteiger charge is -2.06. The zero-order valence-corrected chi connectivity index (χ0v) is 15.5. The molecule has 1 aromatic heterocycles. The van der Waals surface area contributed by atoms with E-state index in [0.717, 1.165) is 15.8 Å². The lowest BCUT2D eigenvalue weighted by Crippen LogP contribution is -1.95. The Morgan fingerprint density at radius 3 is 2.63 bits per heavy atom. The van der Waals surface area contributed by atoms with Crippen molar-refractivity contribution in [1.29, 1.82) is 0 Å². The lowest BCUT2D eigenvalue weighted by molar-refractivity contribution is -0.384. The highest BCUT2D eigenvalue weighted by Crippen LogP contribution is 2.38. The van der Waals surface area contributed by atoms with Crippen LogP contribution in [-0.2, 0) is 6.61 Å². The molecule has 134 valence electrons. The quantitative estimate of drug-likeness (QED) is 0.302. The molecule has 0 amide bonds. The minimum Gasteiger partial charge on any atom is -0.487 e. The molecule has 4 aromatic rings. The number of benzene rings is 3. The van der Waals surface area contributed by atoms with E-state index in [-0.39, 0.29) is 5.69 Å². The smallest absolute Gasteiger partial charge is 0.270 e. The minimum absolute atomic E-state index is 0.0447. The van der Waals surface area contributed by atoms with Crippen LogP contribution in [0, 0.1) is 10.1 Å². The Labute approximate surface area is 164 Å². The number of hydrogen-bond acceptors (Lipinski definition) is 5. The standard InChI is InChI=1S/C20H13ClN2O3S/c21-16-11-14(23(24)25)9-10-15(16)20-22-19-17(7-4-8-18(19)27-20)26-12-13-5-2-1-3-6-13/h1-11H,12H2. The van der Waals surface area contributed by atoms with Crippen LogP contribution in [0.25, 0.3) is 20.8 Å². The van der Waals surface area contributed by atoms with E-state index in [0.29, 0.717) is 28.0 Å². The third-order valence-corrected chi connectivity index (χ3v) is 5.38. The van der Waals surface area contributed by atoms with Crippen LogP contribution in [0.4, 0.5) is 5.69 Å². The van der Waals surface area contributed by atoms with Crippen molar-refractivity contribution >= 4 is 38.8 Å². The van der Waals surface area contributed by atoms with Gasteiger partial charge in [-0.05, 0) is 23.8 Å². The summed E-state index contributed by atoms with van der Waals surface area (Å²) in [7, 11) is 0. The van der Waals surface area contributed by atoms with Gasteiger partial charge in [0.2, 0.25) is 0 Å². The summed E-state index contributed by atoms with van der Waals surface area (Å²) >= 11 is 7.72. The Balaban J connectivity index is 1.67. The van der Waals surface area contributed by atoms with Gasteiger partial charge in [0, 0.05) is 17.7 Å². The number of para-hydroxylation sites is 1. The molecular formula is C20H13ClN2O3S. The van der Waals surface area contributed by atoms with Gasteiger partial charge >= 0.3 is 0 Å². The second-order valence-electron chi connectivity index (χ2n) is 5.82. The number of rotatable bonds is 5. The lowest BCUT2D eigenvalue weighted by atomic mass is 10.2. The van der Waals surface area contributed by atoms with Crippen molar-refractivity contribution in [3.63, 3.8) is 0 Å². The Kier molecular flexibility index (Phi) is 4.75. The maximum atomic E-state index is 10.9. The van der Waals surface area contributed by atoms with Crippen molar-refractivity contribution in [3.8, 4) is 16.3 Å². The highest BCUT2D eigenvalue weighted by molar-refractivity contribution is 7.21. The van der Waals surface area contributed by atoms with Gasteiger partial charge in [-0.1, -0.05) is 48.0 Å². The number of hydrogen-bond donors (Lipinski definition) is 0. The van der Waals surface area contributed by atoms with Gasteiger partial charge in [-0.15, -0.1) is 11.3 Å². The summed E-state index contributed by atoms with van der Waals surface area (Å²) in [6.07, 6.45) is 0. The Morgan fingerprint density at radius 1 is 1.07 bits per heavy atom. The third kappa shape index (κ3) is 3.63. The summed E-state index contributed by atoms with van der Waals surface area (Å²) in [5, 5.41) is 11.9. The summed E-state index contributed by atoms with van der Waals surface area (Å²) < 4.78 is 6.92. The van der Waals surface area contributed by atoms with E-state index in [1.165, 1.54) is 23.5 Å². The predicted octanol–water partition coefficient (Wildman–Crippen LogP) is 6.10. The molecule has 0 fully saturated rings. The fourth-order valence-electron chi connectivity index (χ4n) is 2.68. The van der Waals surface area contributed by atoms with E-state index in [4.69, 9.17) is 16.3 Å². The largest absolute Gasteiger partial charge is 0.487 e. The van der Waals surface area contributed by atoms with Crippen LogP contribution in [0.15, 0.2) is 66.7 Å². The van der Waals surface area contributed by atoms with Crippen LogP contribution >= 0.6 is 22.9 Å². The van der Waals surface area contributed by atoms with Gasteiger partial charge in [0.15, 0.2) is 0 Å². The molecule has 0 saturated heterocycles. The molecule has 5 nitrogen and oxygen atoms in total. The average molecular weight is 397 g/mol. The number of nitrogens with zero attached hydrogens (tertiary/aromatic N) is 2. The average Bonchev–Trinajstić information content (AvgIpc) is 3.11. The van der Waals surface area contributed by atoms with E-state index in [2.05, 4.69) is 4.98 Å². The molecule has 0 aliphatic carbocycles. The summed E-state index contributed by atoms with van der Waals surface area (Å²) in [6.45, 7) is 0.450. The number of nitro benzene ring substituents is 1. The first-order valence-electron chi connectivity index (χ1n) is 8.12. The molecule has 27 heavy (non-hydrogen) atoms. The Morgan fingerprint density at radius 2 is 1.89 bits per heavy atom. The number of non-ortho nitro benzene ring substituents is 1. The highest BCUT2D eigenvalue weighted by atomic mass is 35.5. The molecule has 7 heteroatoms. The van der Waals surface area contributed by atoms with Crippen LogP contribution in [-0.4, -0.2) is 9.91 Å². The van der Waals surface area contributed by atoms with Gasteiger partial charge in [0.05, 0.1) is 14.6 Å². The Bertz CT molecular complexity index is 1130. The first kappa shape index (κ1) is 17.5. The number of thiazole rings is 1. The van der Waals surface area contributed by atoms with E-state index < -0.39 is 4.92 Å². The second kappa shape index (κ2) is 7.34. The van der Waals surface area contributed by atoms with Gasteiger partial charge in [0.1, 0.15) is 22.9 Å². The minimum atomic E-state index is -0.469. The molecule has 0 N–H and O–H groups in total. The molecule has 0 radical (unpaired) electrons. The van der Waals surface area contributed by atoms with Gasteiger partial charge in [-0.3, -0.25) is 10.1 Å². The van der Waals surface area contributed by atoms with Crippen molar-refractivity contribution < 1.29 is 9.66 Å². The monoisotopic (exact) mass is 396 g/mol.